The van der Waals surface area contributed by atoms with Crippen molar-refractivity contribution in [3.05, 3.63) is 34.6 Å². The van der Waals surface area contributed by atoms with E-state index >= 15 is 0 Å². The first-order chi connectivity index (χ1) is 11.6. The Morgan fingerprint density at radius 1 is 1.40 bits per heavy atom. The van der Waals surface area contributed by atoms with Gasteiger partial charge < -0.3 is 9.88 Å². The number of halogens is 4. The van der Waals surface area contributed by atoms with Crippen LogP contribution in [-0.2, 0) is 24.4 Å². The van der Waals surface area contributed by atoms with Crippen LogP contribution in [0.1, 0.15) is 25.2 Å². The summed E-state index contributed by atoms with van der Waals surface area (Å²) in [5.74, 6) is 0.186. The lowest BCUT2D eigenvalue weighted by molar-refractivity contribution is -0.137. The number of nitrogens with zero attached hydrogens (tertiary/aromatic N) is 3. The van der Waals surface area contributed by atoms with E-state index in [1.165, 1.54) is 6.07 Å². The van der Waals surface area contributed by atoms with Crippen molar-refractivity contribution in [1.82, 2.24) is 14.8 Å². The number of benzene rings is 1. The number of hydrogen-bond donors (Lipinski definition) is 1. The second-order valence-corrected chi connectivity index (χ2v) is 6.99. The van der Waals surface area contributed by atoms with E-state index in [9.17, 15) is 18.0 Å². The summed E-state index contributed by atoms with van der Waals surface area (Å²) in [6.45, 7) is 3.51. The lowest BCUT2D eigenvalue weighted by Gasteiger charge is -2.16. The standard InChI is InChI=1S/C15H16ClF3N4OS/c1-4-12-21-22-14(23(12)3)25-8(2)13(24)20-11-6-5-9(16)7-10(11)15(17,18)19/h5-8H,4H2,1-3H3,(H,20,24). The number of aromatic nitrogens is 3. The molecule has 0 aliphatic heterocycles. The van der Waals surface area contributed by atoms with Crippen molar-refractivity contribution >= 4 is 35.0 Å². The van der Waals surface area contributed by atoms with E-state index in [4.69, 9.17) is 11.6 Å². The van der Waals surface area contributed by atoms with Gasteiger partial charge in [-0.3, -0.25) is 4.79 Å². The van der Waals surface area contributed by atoms with E-state index in [-0.39, 0.29) is 10.7 Å². The lowest BCUT2D eigenvalue weighted by Crippen LogP contribution is -2.24. The topological polar surface area (TPSA) is 59.8 Å². The summed E-state index contributed by atoms with van der Waals surface area (Å²) in [7, 11) is 1.77. The molecule has 0 spiro atoms. The van der Waals surface area contributed by atoms with Crippen molar-refractivity contribution in [2.75, 3.05) is 5.32 Å². The van der Waals surface area contributed by atoms with Crippen LogP contribution in [0.25, 0.3) is 0 Å². The molecular weight excluding hydrogens is 377 g/mol. The number of rotatable bonds is 5. The number of nitrogens with one attached hydrogen (secondary N) is 1. The second-order valence-electron chi connectivity index (χ2n) is 5.25. The normalized spacial score (nSPS) is 12.9. The number of hydrogen-bond acceptors (Lipinski definition) is 4. The Morgan fingerprint density at radius 3 is 2.64 bits per heavy atom. The Labute approximate surface area is 152 Å². The molecule has 25 heavy (non-hydrogen) atoms. The molecule has 5 nitrogen and oxygen atoms in total. The van der Waals surface area contributed by atoms with Gasteiger partial charge in [-0.2, -0.15) is 13.2 Å². The first-order valence-electron chi connectivity index (χ1n) is 7.36. The lowest BCUT2D eigenvalue weighted by atomic mass is 10.1. The van der Waals surface area contributed by atoms with Crippen LogP contribution in [0.4, 0.5) is 18.9 Å². The van der Waals surface area contributed by atoms with Crippen molar-refractivity contribution in [2.24, 2.45) is 7.05 Å². The van der Waals surface area contributed by atoms with Crippen LogP contribution in [0.3, 0.4) is 0 Å². The van der Waals surface area contributed by atoms with Crippen molar-refractivity contribution in [3.8, 4) is 0 Å². The van der Waals surface area contributed by atoms with Gasteiger partial charge in [0.15, 0.2) is 5.16 Å². The Hall–Kier alpha value is -1.74. The van der Waals surface area contributed by atoms with E-state index in [2.05, 4.69) is 15.5 Å². The van der Waals surface area contributed by atoms with Crippen LogP contribution in [0.5, 0.6) is 0 Å². The molecule has 0 aliphatic rings. The number of amides is 1. The molecule has 2 rings (SSSR count). The summed E-state index contributed by atoms with van der Waals surface area (Å²) in [6, 6.07) is 3.21. The van der Waals surface area contributed by atoms with Gasteiger partial charge in [-0.1, -0.05) is 30.3 Å². The highest BCUT2D eigenvalue weighted by Gasteiger charge is 2.34. The van der Waals surface area contributed by atoms with Crippen LogP contribution in [-0.4, -0.2) is 25.9 Å². The average molecular weight is 393 g/mol. The van der Waals surface area contributed by atoms with Crippen LogP contribution < -0.4 is 5.32 Å². The fourth-order valence-electron chi connectivity index (χ4n) is 2.06. The van der Waals surface area contributed by atoms with Gasteiger partial charge in [0.2, 0.25) is 5.91 Å². The quantitative estimate of drug-likeness (QED) is 0.776. The fraction of sp³-hybridized carbons (Fsp3) is 0.400. The highest BCUT2D eigenvalue weighted by Crippen LogP contribution is 2.36. The number of carbonyl (C=O) groups excluding carboxylic acids is 1. The Morgan fingerprint density at radius 2 is 2.08 bits per heavy atom. The minimum absolute atomic E-state index is 0.0565. The Balaban J connectivity index is 2.15. The summed E-state index contributed by atoms with van der Waals surface area (Å²) in [4.78, 5) is 12.3. The number of alkyl halides is 3. The molecule has 2 aromatic rings. The molecule has 0 saturated carbocycles. The van der Waals surface area contributed by atoms with E-state index in [1.54, 1.807) is 18.5 Å². The summed E-state index contributed by atoms with van der Waals surface area (Å²) in [5, 5.41) is 10.1. The molecule has 1 unspecified atom stereocenters. The largest absolute Gasteiger partial charge is 0.418 e. The first-order valence-corrected chi connectivity index (χ1v) is 8.61. The highest BCUT2D eigenvalue weighted by molar-refractivity contribution is 8.00. The third-order valence-electron chi connectivity index (χ3n) is 3.44. The Kier molecular flexibility index (Phi) is 5.99. The monoisotopic (exact) mass is 392 g/mol. The van der Waals surface area contributed by atoms with Gasteiger partial charge in [0, 0.05) is 18.5 Å². The Bertz CT molecular complexity index is 779. The zero-order valence-electron chi connectivity index (χ0n) is 13.7. The predicted octanol–water partition coefficient (Wildman–Crippen LogP) is 4.17. The van der Waals surface area contributed by atoms with Crippen LogP contribution in [0, 0.1) is 0 Å². The molecule has 1 N–H and O–H groups in total. The highest BCUT2D eigenvalue weighted by atomic mass is 35.5. The number of aryl methyl sites for hydroxylation is 1. The number of thioether (sulfide) groups is 1. The minimum Gasteiger partial charge on any atom is -0.325 e. The molecule has 0 fully saturated rings. The summed E-state index contributed by atoms with van der Waals surface area (Å²) in [5.41, 5.74) is -1.32. The third-order valence-corrected chi connectivity index (χ3v) is 4.81. The van der Waals surface area contributed by atoms with Gasteiger partial charge in [-0.25, -0.2) is 0 Å². The van der Waals surface area contributed by atoms with Crippen molar-refractivity contribution in [3.63, 3.8) is 0 Å². The third kappa shape index (κ3) is 4.66. The van der Waals surface area contributed by atoms with Gasteiger partial charge in [-0.05, 0) is 25.1 Å². The minimum atomic E-state index is -4.62. The summed E-state index contributed by atoms with van der Waals surface area (Å²) >= 11 is 6.75. The van der Waals surface area contributed by atoms with E-state index in [0.29, 0.717) is 11.6 Å². The molecule has 1 aromatic carbocycles. The predicted molar refractivity (Wildman–Crippen MR) is 90.8 cm³/mol. The van der Waals surface area contributed by atoms with Gasteiger partial charge >= 0.3 is 6.18 Å². The number of anilines is 1. The van der Waals surface area contributed by atoms with Crippen molar-refractivity contribution in [1.29, 1.82) is 0 Å². The smallest absolute Gasteiger partial charge is 0.325 e. The van der Waals surface area contributed by atoms with Crippen LogP contribution in [0.15, 0.2) is 23.4 Å². The van der Waals surface area contributed by atoms with Gasteiger partial charge in [0.1, 0.15) is 5.82 Å². The van der Waals surface area contributed by atoms with Crippen molar-refractivity contribution in [2.45, 2.75) is 36.9 Å². The molecule has 0 radical (unpaired) electrons. The molecule has 10 heteroatoms. The average Bonchev–Trinajstić information content (AvgIpc) is 2.88. The van der Waals surface area contributed by atoms with E-state index < -0.39 is 22.9 Å². The maximum absolute atomic E-state index is 13.1. The zero-order chi connectivity index (χ0) is 18.8. The zero-order valence-corrected chi connectivity index (χ0v) is 15.3. The van der Waals surface area contributed by atoms with Gasteiger partial charge in [0.05, 0.1) is 16.5 Å². The van der Waals surface area contributed by atoms with E-state index in [1.807, 2.05) is 6.92 Å². The van der Waals surface area contributed by atoms with Crippen LogP contribution in [0.2, 0.25) is 5.02 Å². The molecule has 0 aliphatic carbocycles. The first kappa shape index (κ1) is 19.6. The molecule has 0 bridgehead atoms. The van der Waals surface area contributed by atoms with Gasteiger partial charge in [-0.15, -0.1) is 10.2 Å². The molecular formula is C15H16ClF3N4OS. The second kappa shape index (κ2) is 7.65. The molecule has 136 valence electrons. The number of carbonyl (C=O) groups is 1. The molecule has 0 saturated heterocycles. The van der Waals surface area contributed by atoms with Crippen LogP contribution >= 0.6 is 23.4 Å². The molecule has 1 heterocycles. The van der Waals surface area contributed by atoms with E-state index in [0.717, 1.165) is 29.7 Å². The molecule has 1 atom stereocenters. The summed E-state index contributed by atoms with van der Waals surface area (Å²) < 4.78 is 41.0. The summed E-state index contributed by atoms with van der Waals surface area (Å²) in [6.07, 6.45) is -3.94. The molecule has 1 aromatic heterocycles. The SMILES string of the molecule is CCc1nnc(SC(C)C(=O)Nc2ccc(Cl)cc2C(F)(F)F)n1C. The van der Waals surface area contributed by atoms with Gasteiger partial charge in [0.25, 0.3) is 0 Å². The maximum atomic E-state index is 13.1. The fourth-order valence-corrected chi connectivity index (χ4v) is 3.07. The maximum Gasteiger partial charge on any atom is 0.418 e. The molecule has 1 amide bonds. The van der Waals surface area contributed by atoms with Crippen molar-refractivity contribution < 1.29 is 18.0 Å².